The van der Waals surface area contributed by atoms with Crippen molar-refractivity contribution in [2.24, 2.45) is 0 Å². The van der Waals surface area contributed by atoms with E-state index in [4.69, 9.17) is 4.74 Å². The summed E-state index contributed by atoms with van der Waals surface area (Å²) in [4.78, 5) is 34.1. The monoisotopic (exact) mass is 348 g/mol. The van der Waals surface area contributed by atoms with Crippen molar-refractivity contribution in [2.75, 3.05) is 13.7 Å². The molecule has 0 aliphatic rings. The van der Waals surface area contributed by atoms with Crippen LogP contribution in [0.1, 0.15) is 0 Å². The van der Waals surface area contributed by atoms with E-state index >= 15 is 0 Å². The molecule has 4 aromatic heterocycles. The van der Waals surface area contributed by atoms with Gasteiger partial charge in [-0.3, -0.25) is 19.1 Å². The molecule has 0 amide bonds. The lowest BCUT2D eigenvalue weighted by molar-refractivity contribution is 0.186. The lowest BCUT2D eigenvalue weighted by Crippen LogP contribution is -2.23. The van der Waals surface area contributed by atoms with Crippen molar-refractivity contribution < 1.29 is 4.74 Å². The third-order valence-corrected chi connectivity index (χ3v) is 4.29. The highest BCUT2D eigenvalue weighted by Gasteiger charge is 2.10. The van der Waals surface area contributed by atoms with Crippen molar-refractivity contribution in [1.29, 1.82) is 0 Å². The Morgan fingerprint density at radius 1 is 0.962 bits per heavy atom. The average Bonchev–Trinajstić information content (AvgIpc) is 2.68. The van der Waals surface area contributed by atoms with Crippen molar-refractivity contribution in [3.63, 3.8) is 0 Å². The molecule has 0 N–H and O–H groups in total. The molecule has 0 aromatic carbocycles. The molecule has 26 heavy (non-hydrogen) atoms. The van der Waals surface area contributed by atoms with Gasteiger partial charge in [-0.25, -0.2) is 4.98 Å². The standard InChI is InChI=1S/C19H16N4O3/c1-26-11-10-22-8-4-16-14(18(22)24)12-15-17(21-16)5-9-23(19(15)25)13-2-6-20-7-3-13/h2-9,12H,10-11H2,1H3. The van der Waals surface area contributed by atoms with Crippen molar-refractivity contribution >= 4 is 21.8 Å². The first-order valence-corrected chi connectivity index (χ1v) is 8.14. The topological polar surface area (TPSA) is 79.0 Å². The largest absolute Gasteiger partial charge is 0.383 e. The quantitative estimate of drug-likeness (QED) is 0.525. The summed E-state index contributed by atoms with van der Waals surface area (Å²) in [6.07, 6.45) is 6.62. The molecule has 130 valence electrons. The lowest BCUT2D eigenvalue weighted by atomic mass is 10.2. The van der Waals surface area contributed by atoms with Crippen LogP contribution in [-0.4, -0.2) is 32.8 Å². The second kappa shape index (κ2) is 6.53. The highest BCUT2D eigenvalue weighted by Crippen LogP contribution is 2.15. The van der Waals surface area contributed by atoms with E-state index < -0.39 is 0 Å². The van der Waals surface area contributed by atoms with Crippen LogP contribution >= 0.6 is 0 Å². The van der Waals surface area contributed by atoms with E-state index in [1.807, 2.05) is 0 Å². The predicted octanol–water partition coefficient (Wildman–Crippen LogP) is 1.74. The number of fused-ring (bicyclic) bond motifs is 2. The summed E-state index contributed by atoms with van der Waals surface area (Å²) in [7, 11) is 1.59. The number of rotatable bonds is 4. The molecular formula is C19H16N4O3. The SMILES string of the molecule is COCCn1ccc2nc3ccn(-c4ccncc4)c(=O)c3cc2c1=O. The highest BCUT2D eigenvalue weighted by molar-refractivity contribution is 5.91. The molecule has 0 atom stereocenters. The number of pyridine rings is 4. The van der Waals surface area contributed by atoms with Gasteiger partial charge in [-0.2, -0.15) is 0 Å². The zero-order chi connectivity index (χ0) is 18.1. The number of nitrogens with zero attached hydrogens (tertiary/aromatic N) is 4. The van der Waals surface area contributed by atoms with Gasteiger partial charge in [0.25, 0.3) is 11.1 Å². The van der Waals surface area contributed by atoms with E-state index in [0.29, 0.717) is 40.6 Å². The van der Waals surface area contributed by atoms with Crippen LogP contribution in [0.5, 0.6) is 0 Å². The smallest absolute Gasteiger partial charge is 0.264 e. The van der Waals surface area contributed by atoms with Gasteiger partial charge in [-0.1, -0.05) is 0 Å². The van der Waals surface area contributed by atoms with E-state index in [1.165, 1.54) is 4.57 Å². The average molecular weight is 348 g/mol. The fraction of sp³-hybridized carbons (Fsp3) is 0.158. The van der Waals surface area contributed by atoms with Gasteiger partial charge in [0.05, 0.1) is 34.1 Å². The number of hydrogen-bond acceptors (Lipinski definition) is 5. The Balaban J connectivity index is 1.96. The zero-order valence-electron chi connectivity index (χ0n) is 14.1. The summed E-state index contributed by atoms with van der Waals surface area (Å²) in [5.74, 6) is 0. The number of aromatic nitrogens is 4. The van der Waals surface area contributed by atoms with Crippen LogP contribution in [0.25, 0.3) is 27.5 Å². The summed E-state index contributed by atoms with van der Waals surface area (Å²) >= 11 is 0. The normalized spacial score (nSPS) is 11.3. The Labute approximate surface area is 148 Å². The molecule has 0 aliphatic heterocycles. The molecule has 0 aliphatic carbocycles. The molecule has 0 radical (unpaired) electrons. The summed E-state index contributed by atoms with van der Waals surface area (Å²) in [5.41, 5.74) is 1.42. The Bertz CT molecular complexity index is 1210. The first-order chi connectivity index (χ1) is 12.7. The van der Waals surface area contributed by atoms with Crippen LogP contribution in [0.3, 0.4) is 0 Å². The van der Waals surface area contributed by atoms with Crippen LogP contribution < -0.4 is 11.1 Å². The number of hydrogen-bond donors (Lipinski definition) is 0. The van der Waals surface area contributed by atoms with E-state index in [9.17, 15) is 9.59 Å². The Hall–Kier alpha value is -3.32. The van der Waals surface area contributed by atoms with E-state index in [0.717, 1.165) is 0 Å². The second-order valence-corrected chi connectivity index (χ2v) is 5.86. The Kier molecular flexibility index (Phi) is 4.06. The molecule has 0 bridgehead atoms. The van der Waals surface area contributed by atoms with E-state index in [1.54, 1.807) is 66.8 Å². The molecule has 0 saturated carbocycles. The fourth-order valence-corrected chi connectivity index (χ4v) is 2.94. The summed E-state index contributed by atoms with van der Waals surface area (Å²) in [5, 5.41) is 0.819. The maximum atomic E-state index is 12.9. The molecule has 4 heterocycles. The maximum absolute atomic E-state index is 12.9. The van der Waals surface area contributed by atoms with Crippen LogP contribution in [0.15, 0.2) is 64.7 Å². The molecule has 4 rings (SSSR count). The first-order valence-electron chi connectivity index (χ1n) is 8.14. The van der Waals surface area contributed by atoms with Crippen molar-refractivity contribution in [2.45, 2.75) is 6.54 Å². The van der Waals surface area contributed by atoms with Gasteiger partial charge in [-0.15, -0.1) is 0 Å². The van der Waals surface area contributed by atoms with Gasteiger partial charge in [-0.05, 0) is 30.3 Å². The minimum Gasteiger partial charge on any atom is -0.383 e. The first kappa shape index (κ1) is 16.2. The van der Waals surface area contributed by atoms with Crippen LogP contribution in [0, 0.1) is 0 Å². The van der Waals surface area contributed by atoms with Gasteiger partial charge in [0.2, 0.25) is 0 Å². The third kappa shape index (κ3) is 2.68. The lowest BCUT2D eigenvalue weighted by Gasteiger charge is -2.09. The highest BCUT2D eigenvalue weighted by atomic mass is 16.5. The van der Waals surface area contributed by atoms with Crippen molar-refractivity contribution in [1.82, 2.24) is 19.1 Å². The molecule has 7 heteroatoms. The molecule has 0 saturated heterocycles. The van der Waals surface area contributed by atoms with Crippen molar-refractivity contribution in [3.8, 4) is 5.69 Å². The molecule has 7 nitrogen and oxygen atoms in total. The minimum atomic E-state index is -0.227. The molecular weight excluding hydrogens is 332 g/mol. The predicted molar refractivity (Wildman–Crippen MR) is 98.8 cm³/mol. The van der Waals surface area contributed by atoms with Gasteiger partial charge in [0.1, 0.15) is 0 Å². The number of ether oxygens (including phenoxy) is 1. The Morgan fingerprint density at radius 2 is 1.65 bits per heavy atom. The summed E-state index contributed by atoms with van der Waals surface area (Å²) in [6, 6.07) is 8.68. The molecule has 4 aromatic rings. The molecule has 0 fully saturated rings. The van der Waals surface area contributed by atoms with E-state index in [-0.39, 0.29) is 11.1 Å². The maximum Gasteiger partial charge on any atom is 0.264 e. The third-order valence-electron chi connectivity index (χ3n) is 4.29. The fourth-order valence-electron chi connectivity index (χ4n) is 2.94. The molecule has 0 spiro atoms. The van der Waals surface area contributed by atoms with Crippen LogP contribution in [0.4, 0.5) is 0 Å². The van der Waals surface area contributed by atoms with Gasteiger partial charge in [0, 0.05) is 38.4 Å². The minimum absolute atomic E-state index is 0.187. The second-order valence-electron chi connectivity index (χ2n) is 5.86. The summed E-state index contributed by atoms with van der Waals surface area (Å²) in [6.45, 7) is 0.876. The summed E-state index contributed by atoms with van der Waals surface area (Å²) < 4.78 is 8.11. The van der Waals surface area contributed by atoms with E-state index in [2.05, 4.69) is 9.97 Å². The van der Waals surface area contributed by atoms with Crippen LogP contribution in [-0.2, 0) is 11.3 Å². The number of methoxy groups -OCH3 is 1. The van der Waals surface area contributed by atoms with Gasteiger partial charge in [0.15, 0.2) is 0 Å². The van der Waals surface area contributed by atoms with Crippen molar-refractivity contribution in [3.05, 3.63) is 75.8 Å². The van der Waals surface area contributed by atoms with Crippen LogP contribution in [0.2, 0.25) is 0 Å². The van der Waals surface area contributed by atoms with Gasteiger partial charge >= 0.3 is 0 Å². The molecule has 0 unspecified atom stereocenters. The zero-order valence-corrected chi connectivity index (χ0v) is 14.1. The van der Waals surface area contributed by atoms with Gasteiger partial charge < -0.3 is 9.30 Å². The Morgan fingerprint density at radius 3 is 2.38 bits per heavy atom.